The minimum Gasteiger partial charge on any atom is -0.480 e. The molecule has 0 aromatic rings. The van der Waals surface area contributed by atoms with Gasteiger partial charge in [-0.2, -0.15) is 12.7 Å². The summed E-state index contributed by atoms with van der Waals surface area (Å²) in [6.45, 7) is -0.947. The van der Waals surface area contributed by atoms with E-state index in [1.54, 1.807) is 0 Å². The van der Waals surface area contributed by atoms with Gasteiger partial charge in [0.15, 0.2) is 0 Å². The Hall–Kier alpha value is -1.29. The van der Waals surface area contributed by atoms with Gasteiger partial charge in [-0.1, -0.05) is 6.42 Å². The zero-order valence-electron chi connectivity index (χ0n) is 16.2. The number of rotatable bonds is 11. The molecule has 1 saturated heterocycles. The number of carbonyl (C=O) groups excluding carboxylic acids is 1. The van der Waals surface area contributed by atoms with Crippen LogP contribution < -0.4 is 17.2 Å². The van der Waals surface area contributed by atoms with Crippen molar-refractivity contribution in [1.29, 1.82) is 0 Å². The van der Waals surface area contributed by atoms with Gasteiger partial charge in [-0.3, -0.25) is 9.59 Å². The molecule has 1 aliphatic carbocycles. The molecule has 0 bridgehead atoms. The van der Waals surface area contributed by atoms with Crippen molar-refractivity contribution in [3.05, 3.63) is 0 Å². The van der Waals surface area contributed by atoms with E-state index in [2.05, 4.69) is 0 Å². The Morgan fingerprint density at radius 1 is 1.31 bits per heavy atom. The Balaban J connectivity index is 2.24. The summed E-state index contributed by atoms with van der Waals surface area (Å²) in [5.74, 6) is -2.90. The van der Waals surface area contributed by atoms with E-state index in [4.69, 9.17) is 27.2 Å². The van der Waals surface area contributed by atoms with Gasteiger partial charge < -0.3 is 32.4 Å². The lowest BCUT2D eigenvalue weighted by Crippen LogP contribution is -2.57. The van der Waals surface area contributed by atoms with Crippen LogP contribution in [0.3, 0.4) is 0 Å². The predicted molar refractivity (Wildman–Crippen MR) is 104 cm³/mol. The van der Waals surface area contributed by atoms with Crippen LogP contribution in [0.15, 0.2) is 0 Å². The monoisotopic (exact) mass is 435 g/mol. The zero-order valence-corrected chi connectivity index (χ0v) is 17.0. The van der Waals surface area contributed by atoms with E-state index < -0.39 is 53.2 Å². The molecule has 166 valence electrons. The highest BCUT2D eigenvalue weighted by Gasteiger charge is 2.54. The van der Waals surface area contributed by atoms with Crippen LogP contribution in [0.4, 0.5) is 0 Å². The minimum atomic E-state index is -4.35. The number of nitrogens with two attached hydrogens (primary N) is 3. The smallest absolute Gasteiger partial charge is 0.451 e. The zero-order chi connectivity index (χ0) is 22.0. The van der Waals surface area contributed by atoms with Gasteiger partial charge in [-0.05, 0) is 31.5 Å². The maximum atomic E-state index is 13.2. The summed E-state index contributed by atoms with van der Waals surface area (Å²) in [4.78, 5) is 24.4. The predicted octanol–water partition coefficient (Wildman–Crippen LogP) is -3.28. The maximum Gasteiger partial charge on any atom is 0.451 e. The van der Waals surface area contributed by atoms with Gasteiger partial charge in [0.2, 0.25) is 0 Å². The summed E-state index contributed by atoms with van der Waals surface area (Å²) < 4.78 is 28.0. The maximum absolute atomic E-state index is 13.2. The number of hydrogen-bond donors (Lipinski definition) is 6. The molecular formula is C15H30BN5O7S. The molecule has 1 aliphatic heterocycles. The van der Waals surface area contributed by atoms with Crippen molar-refractivity contribution in [2.24, 2.45) is 29.0 Å². The highest BCUT2D eigenvalue weighted by atomic mass is 32.2. The normalized spacial score (nSPS) is 26.3. The molecule has 1 amide bonds. The third-order valence-electron chi connectivity index (χ3n) is 5.55. The van der Waals surface area contributed by atoms with Gasteiger partial charge in [-0.15, -0.1) is 0 Å². The second-order valence-electron chi connectivity index (χ2n) is 7.91. The van der Waals surface area contributed by atoms with Gasteiger partial charge in [0.25, 0.3) is 5.91 Å². The van der Waals surface area contributed by atoms with Crippen LogP contribution in [-0.4, -0.2) is 88.9 Å². The fourth-order valence-electron chi connectivity index (χ4n) is 3.47. The van der Waals surface area contributed by atoms with Gasteiger partial charge in [-0.25, -0.2) is 4.31 Å². The topological polar surface area (TPSA) is 214 Å². The number of carboxylic acid groups (broad SMARTS) is 1. The van der Waals surface area contributed by atoms with E-state index in [0.29, 0.717) is 4.31 Å². The lowest BCUT2D eigenvalue weighted by molar-refractivity contribution is -0.144. The van der Waals surface area contributed by atoms with Crippen molar-refractivity contribution in [2.75, 3.05) is 26.2 Å². The van der Waals surface area contributed by atoms with Crippen molar-refractivity contribution in [1.82, 2.24) is 8.61 Å². The number of carboxylic acids is 1. The van der Waals surface area contributed by atoms with Crippen LogP contribution in [0.5, 0.6) is 0 Å². The van der Waals surface area contributed by atoms with E-state index in [0.717, 1.165) is 17.1 Å². The summed E-state index contributed by atoms with van der Waals surface area (Å²) in [7, 11) is -5.89. The SMILES string of the molecule is NCC(N)C(=O)N(CC1CC1)S(=O)(=O)N1C[C@H](CCCB(O)O)[C@](N)(C(=O)O)C1. The van der Waals surface area contributed by atoms with Gasteiger partial charge in [0.05, 0.1) is 6.04 Å². The first-order valence-corrected chi connectivity index (χ1v) is 11.0. The summed E-state index contributed by atoms with van der Waals surface area (Å²) >= 11 is 0. The summed E-state index contributed by atoms with van der Waals surface area (Å²) in [6, 6.07) is -1.19. The molecule has 9 N–H and O–H groups in total. The highest BCUT2D eigenvalue weighted by Crippen LogP contribution is 2.35. The molecule has 0 aromatic heterocycles. The third kappa shape index (κ3) is 5.45. The molecule has 12 nitrogen and oxygen atoms in total. The largest absolute Gasteiger partial charge is 0.480 e. The summed E-state index contributed by atoms with van der Waals surface area (Å²) in [6.07, 6.45) is 2.03. The minimum absolute atomic E-state index is 0.0105. The van der Waals surface area contributed by atoms with Crippen LogP contribution in [-0.2, 0) is 19.8 Å². The van der Waals surface area contributed by atoms with Gasteiger partial charge >= 0.3 is 23.3 Å². The Bertz CT molecular complexity index is 720. The molecule has 2 aliphatic rings. The molecule has 29 heavy (non-hydrogen) atoms. The average molecular weight is 435 g/mol. The molecule has 14 heteroatoms. The number of aliphatic carboxylic acids is 1. The van der Waals surface area contributed by atoms with E-state index in [-0.39, 0.29) is 44.7 Å². The molecule has 2 rings (SSSR count). The fourth-order valence-corrected chi connectivity index (χ4v) is 5.25. The average Bonchev–Trinajstić information content (AvgIpc) is 3.40. The number of nitrogens with zero attached hydrogens (tertiary/aromatic N) is 2. The molecule has 1 heterocycles. The Kier molecular flexibility index (Phi) is 7.65. The van der Waals surface area contributed by atoms with Crippen LogP contribution in [0.1, 0.15) is 25.7 Å². The van der Waals surface area contributed by atoms with Crippen molar-refractivity contribution in [3.8, 4) is 0 Å². The molecule has 0 spiro atoms. The van der Waals surface area contributed by atoms with Crippen LogP contribution >= 0.6 is 0 Å². The summed E-state index contributed by atoms with van der Waals surface area (Å²) in [5.41, 5.74) is 15.3. The first-order chi connectivity index (χ1) is 13.4. The molecular weight excluding hydrogens is 405 g/mol. The van der Waals surface area contributed by atoms with E-state index in [1.165, 1.54) is 0 Å². The van der Waals surface area contributed by atoms with E-state index >= 15 is 0 Å². The Morgan fingerprint density at radius 3 is 2.41 bits per heavy atom. The van der Waals surface area contributed by atoms with E-state index in [1.807, 2.05) is 0 Å². The molecule has 2 fully saturated rings. The number of carbonyl (C=O) groups is 2. The lowest BCUT2D eigenvalue weighted by Gasteiger charge is -2.29. The second-order valence-corrected chi connectivity index (χ2v) is 9.76. The molecule has 0 radical (unpaired) electrons. The quantitative estimate of drug-likeness (QED) is 0.178. The van der Waals surface area contributed by atoms with E-state index in [9.17, 15) is 23.1 Å². The standard InChI is InChI=1S/C15H30BN5O7S/c17-6-12(18)13(22)21(7-10-3-4-10)29(27,28)20-8-11(2-1-5-16(25)26)15(19,9-20)14(23)24/h10-12,25-26H,1-9,17-19H2,(H,23,24)/t11-,12?,15-/m0/s1. The molecule has 3 atom stereocenters. The fraction of sp³-hybridized carbons (Fsp3) is 0.867. The Morgan fingerprint density at radius 2 is 1.93 bits per heavy atom. The highest BCUT2D eigenvalue weighted by molar-refractivity contribution is 7.87. The molecule has 0 aromatic carbocycles. The number of amides is 1. The van der Waals surface area contributed by atoms with Crippen molar-refractivity contribution >= 4 is 29.2 Å². The summed E-state index contributed by atoms with van der Waals surface area (Å²) in [5, 5.41) is 27.6. The van der Waals surface area contributed by atoms with Gasteiger partial charge in [0, 0.05) is 32.1 Å². The number of hydrogen-bond acceptors (Lipinski definition) is 9. The van der Waals surface area contributed by atoms with Crippen molar-refractivity contribution < 1.29 is 33.2 Å². The third-order valence-corrected chi connectivity index (χ3v) is 7.36. The Labute approximate surface area is 170 Å². The van der Waals surface area contributed by atoms with Crippen molar-refractivity contribution in [3.63, 3.8) is 0 Å². The van der Waals surface area contributed by atoms with Crippen molar-refractivity contribution in [2.45, 2.75) is 43.6 Å². The van der Waals surface area contributed by atoms with Crippen LogP contribution in [0.2, 0.25) is 6.32 Å². The van der Waals surface area contributed by atoms with Gasteiger partial charge in [0.1, 0.15) is 5.54 Å². The second kappa shape index (κ2) is 9.24. The van der Waals surface area contributed by atoms with Crippen LogP contribution in [0, 0.1) is 11.8 Å². The van der Waals surface area contributed by atoms with Crippen LogP contribution in [0.25, 0.3) is 0 Å². The lowest BCUT2D eigenvalue weighted by atomic mass is 9.78. The molecule has 1 unspecified atom stereocenters. The first kappa shape index (κ1) is 24.0. The first-order valence-electron chi connectivity index (χ1n) is 9.59. The molecule has 1 saturated carbocycles.